The highest BCUT2D eigenvalue weighted by molar-refractivity contribution is 4.69. The van der Waals surface area contributed by atoms with Crippen LogP contribution in [0.3, 0.4) is 0 Å². The molecule has 11 heavy (non-hydrogen) atoms. The third-order valence-electron chi connectivity index (χ3n) is 2.16. The van der Waals surface area contributed by atoms with Crippen LogP contribution in [-0.4, -0.2) is 38.6 Å². The van der Waals surface area contributed by atoms with E-state index in [0.29, 0.717) is 12.2 Å². The Balaban J connectivity index is 1.71. The molecule has 2 aliphatic heterocycles. The zero-order valence-electron chi connectivity index (χ0n) is 6.62. The highest BCUT2D eigenvalue weighted by atomic mass is 16.6. The fraction of sp³-hybridized carbons (Fsp3) is 1.00. The lowest BCUT2D eigenvalue weighted by atomic mass is 10.3. The van der Waals surface area contributed by atoms with Gasteiger partial charge in [0.15, 0.2) is 0 Å². The van der Waals surface area contributed by atoms with Gasteiger partial charge in [-0.1, -0.05) is 0 Å². The predicted octanol–water partition coefficient (Wildman–Crippen LogP) is 0.581. The third-order valence-corrected chi connectivity index (χ3v) is 2.16. The topological polar surface area (TPSA) is 27.7 Å². The summed E-state index contributed by atoms with van der Waals surface area (Å²) >= 11 is 0. The van der Waals surface area contributed by atoms with Crippen molar-refractivity contribution in [1.82, 2.24) is 0 Å². The average Bonchev–Trinajstić information content (AvgIpc) is 2.60. The molecule has 1 unspecified atom stereocenters. The summed E-state index contributed by atoms with van der Waals surface area (Å²) in [5, 5.41) is 0. The molecule has 2 fully saturated rings. The van der Waals surface area contributed by atoms with Crippen molar-refractivity contribution < 1.29 is 14.2 Å². The molecule has 64 valence electrons. The molecule has 0 aromatic heterocycles. The molecule has 0 N–H and O–H groups in total. The molecule has 3 heteroatoms. The van der Waals surface area contributed by atoms with Crippen LogP contribution in [0.1, 0.15) is 12.8 Å². The molecule has 0 aliphatic carbocycles. The molecule has 0 radical (unpaired) electrons. The second-order valence-corrected chi connectivity index (χ2v) is 3.11. The fourth-order valence-electron chi connectivity index (χ4n) is 1.51. The highest BCUT2D eigenvalue weighted by Crippen LogP contribution is 2.15. The van der Waals surface area contributed by atoms with Gasteiger partial charge in [-0.15, -0.1) is 0 Å². The van der Waals surface area contributed by atoms with E-state index < -0.39 is 0 Å². The van der Waals surface area contributed by atoms with E-state index in [9.17, 15) is 0 Å². The van der Waals surface area contributed by atoms with Crippen LogP contribution in [0.5, 0.6) is 0 Å². The maximum atomic E-state index is 5.72. The van der Waals surface area contributed by atoms with Gasteiger partial charge in [0.2, 0.25) is 0 Å². The Morgan fingerprint density at radius 3 is 1.82 bits per heavy atom. The van der Waals surface area contributed by atoms with E-state index in [1.807, 2.05) is 0 Å². The van der Waals surface area contributed by atoms with Crippen LogP contribution in [0.2, 0.25) is 0 Å². The highest BCUT2D eigenvalue weighted by Gasteiger charge is 2.23. The molecular weight excluding hydrogens is 144 g/mol. The fourth-order valence-corrected chi connectivity index (χ4v) is 1.51. The molecule has 0 amide bonds. The maximum Gasteiger partial charge on any atom is 0.0835 e. The van der Waals surface area contributed by atoms with Crippen molar-refractivity contribution in [2.45, 2.75) is 25.0 Å². The van der Waals surface area contributed by atoms with E-state index in [1.54, 1.807) is 0 Å². The van der Waals surface area contributed by atoms with E-state index in [0.717, 1.165) is 39.3 Å². The summed E-state index contributed by atoms with van der Waals surface area (Å²) in [7, 11) is 0. The van der Waals surface area contributed by atoms with Crippen LogP contribution in [0.25, 0.3) is 0 Å². The number of hydrogen-bond acceptors (Lipinski definition) is 3. The van der Waals surface area contributed by atoms with E-state index in [1.165, 1.54) is 0 Å². The van der Waals surface area contributed by atoms with Gasteiger partial charge >= 0.3 is 0 Å². The number of rotatable bonds is 2. The summed E-state index contributed by atoms with van der Waals surface area (Å²) in [6, 6.07) is 0. The summed E-state index contributed by atoms with van der Waals surface area (Å²) in [5.41, 5.74) is 0. The van der Waals surface area contributed by atoms with Gasteiger partial charge < -0.3 is 14.2 Å². The molecular formula is C8H14O3. The quantitative estimate of drug-likeness (QED) is 0.588. The molecule has 0 bridgehead atoms. The number of ether oxygens (including phenoxy) is 3. The van der Waals surface area contributed by atoms with Crippen molar-refractivity contribution in [2.75, 3.05) is 26.4 Å². The van der Waals surface area contributed by atoms with Crippen LogP contribution >= 0.6 is 0 Å². The summed E-state index contributed by atoms with van der Waals surface area (Å²) in [5.74, 6) is 0. The zero-order valence-corrected chi connectivity index (χ0v) is 6.62. The molecule has 3 nitrogen and oxygen atoms in total. The number of hydrogen-bond donors (Lipinski definition) is 0. The summed E-state index contributed by atoms with van der Waals surface area (Å²) < 4.78 is 16.1. The predicted molar refractivity (Wildman–Crippen MR) is 39.5 cm³/mol. The van der Waals surface area contributed by atoms with E-state index >= 15 is 0 Å². The molecule has 2 saturated heterocycles. The van der Waals surface area contributed by atoms with Gasteiger partial charge in [-0.2, -0.15) is 0 Å². The van der Waals surface area contributed by atoms with E-state index in [4.69, 9.17) is 14.2 Å². The van der Waals surface area contributed by atoms with Crippen molar-refractivity contribution in [3.05, 3.63) is 0 Å². The van der Waals surface area contributed by atoms with Gasteiger partial charge in [-0.25, -0.2) is 0 Å². The van der Waals surface area contributed by atoms with Crippen molar-refractivity contribution in [1.29, 1.82) is 0 Å². The first-order valence-corrected chi connectivity index (χ1v) is 4.26. The second kappa shape index (κ2) is 3.52. The lowest BCUT2D eigenvalue weighted by Gasteiger charge is -2.14. The molecule has 0 spiro atoms. The lowest BCUT2D eigenvalue weighted by molar-refractivity contribution is -0.0186. The molecule has 0 saturated carbocycles. The molecule has 2 rings (SSSR count). The minimum absolute atomic E-state index is 0.335. The first kappa shape index (κ1) is 7.53. The Labute approximate surface area is 66.6 Å². The third kappa shape index (κ3) is 1.92. The van der Waals surface area contributed by atoms with Gasteiger partial charge in [0.25, 0.3) is 0 Å². The molecule has 0 aromatic carbocycles. The smallest absolute Gasteiger partial charge is 0.0835 e. The summed E-state index contributed by atoms with van der Waals surface area (Å²) in [6.07, 6.45) is 2.77. The Bertz CT molecular complexity index is 101. The Kier molecular flexibility index (Phi) is 2.41. The van der Waals surface area contributed by atoms with Gasteiger partial charge in [-0.05, 0) is 12.8 Å². The van der Waals surface area contributed by atoms with Crippen LogP contribution in [0.15, 0.2) is 0 Å². The first-order valence-electron chi connectivity index (χ1n) is 4.26. The van der Waals surface area contributed by atoms with Crippen LogP contribution in [0.4, 0.5) is 0 Å². The molecule has 2 aliphatic rings. The first-order chi connectivity index (χ1) is 5.45. The molecule has 2 heterocycles. The van der Waals surface area contributed by atoms with Gasteiger partial charge in [0, 0.05) is 13.2 Å². The summed E-state index contributed by atoms with van der Waals surface area (Å²) in [6.45, 7) is 3.27. The standard InChI is InChI=1S/C8H14O3/c1-3-9-5-7(1)11-8-2-4-10-6-8/h7-8H,1-6H2/t7-,8?/m0/s1. The SMILES string of the molecule is C1CC(O[C@H]2CCOC2)CO1. The molecule has 2 atom stereocenters. The zero-order chi connectivity index (χ0) is 7.52. The van der Waals surface area contributed by atoms with Gasteiger partial charge in [0.1, 0.15) is 0 Å². The van der Waals surface area contributed by atoms with Crippen LogP contribution in [-0.2, 0) is 14.2 Å². The van der Waals surface area contributed by atoms with Gasteiger partial charge in [0.05, 0.1) is 25.4 Å². The largest absolute Gasteiger partial charge is 0.379 e. The average molecular weight is 158 g/mol. The van der Waals surface area contributed by atoms with Crippen LogP contribution in [0, 0.1) is 0 Å². The monoisotopic (exact) mass is 158 g/mol. The van der Waals surface area contributed by atoms with Crippen molar-refractivity contribution >= 4 is 0 Å². The van der Waals surface area contributed by atoms with E-state index in [-0.39, 0.29) is 0 Å². The molecule has 0 aromatic rings. The maximum absolute atomic E-state index is 5.72. The second-order valence-electron chi connectivity index (χ2n) is 3.11. The van der Waals surface area contributed by atoms with Gasteiger partial charge in [-0.3, -0.25) is 0 Å². The minimum Gasteiger partial charge on any atom is -0.379 e. The Morgan fingerprint density at radius 2 is 1.45 bits per heavy atom. The lowest BCUT2D eigenvalue weighted by Crippen LogP contribution is -2.22. The Hall–Kier alpha value is -0.120. The Morgan fingerprint density at radius 1 is 0.909 bits per heavy atom. The summed E-state index contributed by atoms with van der Waals surface area (Å²) in [4.78, 5) is 0. The van der Waals surface area contributed by atoms with E-state index in [2.05, 4.69) is 0 Å². The van der Waals surface area contributed by atoms with Crippen molar-refractivity contribution in [3.8, 4) is 0 Å². The van der Waals surface area contributed by atoms with Crippen molar-refractivity contribution in [3.63, 3.8) is 0 Å². The minimum atomic E-state index is 0.335. The van der Waals surface area contributed by atoms with Crippen LogP contribution < -0.4 is 0 Å². The van der Waals surface area contributed by atoms with Crippen molar-refractivity contribution in [2.24, 2.45) is 0 Å². The normalized spacial score (nSPS) is 38.2.